The zero-order valence-corrected chi connectivity index (χ0v) is 18.3. The van der Waals surface area contributed by atoms with Gasteiger partial charge in [0.1, 0.15) is 5.75 Å². The summed E-state index contributed by atoms with van der Waals surface area (Å²) in [5.41, 5.74) is 1.78. The monoisotopic (exact) mass is 416 g/mol. The van der Waals surface area contributed by atoms with E-state index in [1.807, 2.05) is 34.6 Å². The fourth-order valence-corrected chi connectivity index (χ4v) is 4.62. The third kappa shape index (κ3) is 4.24. The third-order valence-corrected chi connectivity index (χ3v) is 6.41. The molecular weight excluding hydrogens is 388 g/mol. The molecule has 0 spiro atoms. The van der Waals surface area contributed by atoms with Crippen molar-refractivity contribution in [3.05, 3.63) is 48.0 Å². The largest absolute Gasteiger partial charge is 0.494 e. The first-order valence-electron chi connectivity index (χ1n) is 9.77. The lowest BCUT2D eigenvalue weighted by atomic mass is 9.87. The number of carbonyl (C=O) groups is 1. The molecule has 156 valence electrons. The first-order chi connectivity index (χ1) is 13.5. The van der Waals surface area contributed by atoms with Crippen LogP contribution in [0.2, 0.25) is 0 Å². The molecule has 29 heavy (non-hydrogen) atoms. The lowest BCUT2D eigenvalue weighted by Crippen LogP contribution is -2.36. The van der Waals surface area contributed by atoms with Gasteiger partial charge in [-0.05, 0) is 55.0 Å². The van der Waals surface area contributed by atoms with Gasteiger partial charge in [0.15, 0.2) is 0 Å². The quantitative estimate of drug-likeness (QED) is 0.767. The summed E-state index contributed by atoms with van der Waals surface area (Å²) in [5.74, 6) is 0.603. The van der Waals surface area contributed by atoms with E-state index < -0.39 is 10.0 Å². The van der Waals surface area contributed by atoms with Crippen LogP contribution in [0.25, 0.3) is 0 Å². The van der Waals surface area contributed by atoms with Crippen LogP contribution in [0.5, 0.6) is 5.75 Å². The summed E-state index contributed by atoms with van der Waals surface area (Å²) in [6, 6.07) is 11.8. The smallest absolute Gasteiger partial charge is 0.261 e. The average molecular weight is 417 g/mol. The van der Waals surface area contributed by atoms with Crippen molar-refractivity contribution in [1.82, 2.24) is 0 Å². The van der Waals surface area contributed by atoms with E-state index in [9.17, 15) is 13.2 Å². The molecule has 0 radical (unpaired) electrons. The van der Waals surface area contributed by atoms with Crippen molar-refractivity contribution in [2.75, 3.05) is 22.8 Å². The number of ether oxygens (including phenoxy) is 1. The zero-order valence-electron chi connectivity index (χ0n) is 17.5. The van der Waals surface area contributed by atoms with Gasteiger partial charge in [0.25, 0.3) is 10.0 Å². The molecule has 2 aromatic carbocycles. The highest BCUT2D eigenvalue weighted by Crippen LogP contribution is 2.42. The molecule has 1 heterocycles. The minimum Gasteiger partial charge on any atom is -0.494 e. The number of fused-ring (bicyclic) bond motifs is 1. The van der Waals surface area contributed by atoms with E-state index in [2.05, 4.69) is 4.72 Å². The van der Waals surface area contributed by atoms with Gasteiger partial charge in [-0.25, -0.2) is 8.42 Å². The molecule has 0 saturated heterocycles. The van der Waals surface area contributed by atoms with Crippen molar-refractivity contribution < 1.29 is 17.9 Å². The van der Waals surface area contributed by atoms with Crippen LogP contribution in [0.4, 0.5) is 11.4 Å². The Balaban J connectivity index is 1.91. The van der Waals surface area contributed by atoms with Crippen LogP contribution in [-0.4, -0.2) is 27.5 Å². The van der Waals surface area contributed by atoms with E-state index in [-0.39, 0.29) is 22.1 Å². The van der Waals surface area contributed by atoms with Crippen molar-refractivity contribution in [3.63, 3.8) is 0 Å². The molecule has 0 unspecified atom stereocenters. The molecule has 0 fully saturated rings. The maximum Gasteiger partial charge on any atom is 0.261 e. The predicted octanol–water partition coefficient (Wildman–Crippen LogP) is 4.17. The second-order valence-electron chi connectivity index (χ2n) is 8.20. The standard InChI is InChI=1S/C22H28N2O4S/c1-6-28-17-9-7-16(8-10-17)23-29(26,27)18-11-12-20-19(13-18)22(4,5)14-24(20)21(25)15(2)3/h7-13,15,23H,6,14H2,1-5H3. The first kappa shape index (κ1) is 21.2. The normalized spacial score (nSPS) is 15.3. The van der Waals surface area contributed by atoms with Gasteiger partial charge in [-0.1, -0.05) is 27.7 Å². The van der Waals surface area contributed by atoms with Crippen LogP contribution >= 0.6 is 0 Å². The van der Waals surface area contributed by atoms with Crippen molar-refractivity contribution in [1.29, 1.82) is 0 Å². The van der Waals surface area contributed by atoms with Gasteiger partial charge in [-0.2, -0.15) is 0 Å². The van der Waals surface area contributed by atoms with Crippen LogP contribution in [-0.2, 0) is 20.2 Å². The zero-order chi connectivity index (χ0) is 21.4. The lowest BCUT2D eigenvalue weighted by molar-refractivity contribution is -0.121. The Morgan fingerprint density at radius 2 is 1.83 bits per heavy atom. The molecule has 1 N–H and O–H groups in total. The van der Waals surface area contributed by atoms with Crippen molar-refractivity contribution in [3.8, 4) is 5.75 Å². The molecule has 1 amide bonds. The van der Waals surface area contributed by atoms with Gasteiger partial charge in [0.05, 0.1) is 11.5 Å². The number of benzene rings is 2. The molecule has 0 aliphatic carbocycles. The van der Waals surface area contributed by atoms with E-state index in [1.165, 1.54) is 0 Å². The van der Waals surface area contributed by atoms with E-state index in [4.69, 9.17) is 4.74 Å². The van der Waals surface area contributed by atoms with E-state index in [0.717, 1.165) is 11.3 Å². The van der Waals surface area contributed by atoms with Crippen molar-refractivity contribution >= 4 is 27.3 Å². The number of amides is 1. The Hall–Kier alpha value is -2.54. The van der Waals surface area contributed by atoms with E-state index >= 15 is 0 Å². The molecule has 2 aromatic rings. The SMILES string of the molecule is CCOc1ccc(NS(=O)(=O)c2ccc3c(c2)C(C)(C)CN3C(=O)C(C)C)cc1. The van der Waals surface area contributed by atoms with Gasteiger partial charge in [-0.15, -0.1) is 0 Å². The second-order valence-corrected chi connectivity index (χ2v) is 9.89. The molecule has 0 aromatic heterocycles. The molecule has 0 bridgehead atoms. The minimum atomic E-state index is -3.76. The Labute approximate surface area is 172 Å². The van der Waals surface area contributed by atoms with E-state index in [0.29, 0.717) is 24.6 Å². The fraction of sp³-hybridized carbons (Fsp3) is 0.409. The molecule has 3 rings (SSSR count). The third-order valence-electron chi connectivity index (χ3n) is 5.03. The van der Waals surface area contributed by atoms with Gasteiger partial charge in [-0.3, -0.25) is 9.52 Å². The van der Waals surface area contributed by atoms with Crippen LogP contribution in [0.15, 0.2) is 47.4 Å². The number of rotatable bonds is 6. The molecule has 7 heteroatoms. The summed E-state index contributed by atoms with van der Waals surface area (Å²) < 4.78 is 33.8. The topological polar surface area (TPSA) is 75.7 Å². The first-order valence-corrected chi connectivity index (χ1v) is 11.2. The molecular formula is C22H28N2O4S. The van der Waals surface area contributed by atoms with Crippen LogP contribution in [0.3, 0.4) is 0 Å². The summed E-state index contributed by atoms with van der Waals surface area (Å²) in [4.78, 5) is 14.5. The average Bonchev–Trinajstić information content (AvgIpc) is 2.93. The van der Waals surface area contributed by atoms with Crippen molar-refractivity contribution in [2.24, 2.45) is 5.92 Å². The number of anilines is 2. The summed E-state index contributed by atoms with van der Waals surface area (Å²) in [6.45, 7) is 10.8. The van der Waals surface area contributed by atoms with Crippen molar-refractivity contribution in [2.45, 2.75) is 44.9 Å². The number of hydrogen-bond acceptors (Lipinski definition) is 4. The number of hydrogen-bond donors (Lipinski definition) is 1. The van der Waals surface area contributed by atoms with Gasteiger partial charge in [0, 0.05) is 29.3 Å². The van der Waals surface area contributed by atoms with Crippen LogP contribution in [0, 0.1) is 5.92 Å². The maximum atomic E-state index is 12.9. The molecule has 0 saturated carbocycles. The summed E-state index contributed by atoms with van der Waals surface area (Å²) in [5, 5.41) is 0. The van der Waals surface area contributed by atoms with Gasteiger partial charge >= 0.3 is 0 Å². The Bertz CT molecular complexity index is 1010. The van der Waals surface area contributed by atoms with Gasteiger partial charge < -0.3 is 9.64 Å². The minimum absolute atomic E-state index is 0.0416. The van der Waals surface area contributed by atoms with Crippen LogP contribution < -0.4 is 14.4 Å². The summed E-state index contributed by atoms with van der Waals surface area (Å²) in [7, 11) is -3.76. The molecule has 1 aliphatic heterocycles. The highest BCUT2D eigenvalue weighted by atomic mass is 32.2. The predicted molar refractivity (Wildman–Crippen MR) is 115 cm³/mol. The number of nitrogens with one attached hydrogen (secondary N) is 1. The highest BCUT2D eigenvalue weighted by Gasteiger charge is 2.39. The Morgan fingerprint density at radius 3 is 2.41 bits per heavy atom. The summed E-state index contributed by atoms with van der Waals surface area (Å²) in [6.07, 6.45) is 0. The highest BCUT2D eigenvalue weighted by molar-refractivity contribution is 7.92. The Kier molecular flexibility index (Phi) is 5.63. The van der Waals surface area contributed by atoms with Crippen LogP contribution in [0.1, 0.15) is 40.2 Å². The maximum absolute atomic E-state index is 12.9. The van der Waals surface area contributed by atoms with Gasteiger partial charge in [0.2, 0.25) is 5.91 Å². The summed E-state index contributed by atoms with van der Waals surface area (Å²) >= 11 is 0. The molecule has 1 aliphatic rings. The Morgan fingerprint density at radius 1 is 1.17 bits per heavy atom. The number of sulfonamides is 1. The van der Waals surface area contributed by atoms with E-state index in [1.54, 1.807) is 47.4 Å². The fourth-order valence-electron chi connectivity index (χ4n) is 3.53. The molecule has 0 atom stereocenters. The second kappa shape index (κ2) is 7.71. The number of nitrogens with zero attached hydrogens (tertiary/aromatic N) is 1. The lowest BCUT2D eigenvalue weighted by Gasteiger charge is -2.22. The number of carbonyl (C=O) groups excluding carboxylic acids is 1. The molecule has 6 nitrogen and oxygen atoms in total.